The Morgan fingerprint density at radius 2 is 2.06 bits per heavy atom. The van der Waals surface area contributed by atoms with Gasteiger partial charge in [-0.25, -0.2) is 4.79 Å². The molecule has 1 spiro atoms. The van der Waals surface area contributed by atoms with Gasteiger partial charge in [0.25, 0.3) is 0 Å². The first kappa shape index (κ1) is 21.6. The van der Waals surface area contributed by atoms with E-state index >= 15 is 0 Å². The first-order chi connectivity index (χ1) is 15.7. The van der Waals surface area contributed by atoms with Crippen molar-refractivity contribution in [3.8, 4) is 11.5 Å². The number of carbonyl (C=O) groups excluding carboxylic acids is 1. The van der Waals surface area contributed by atoms with Crippen LogP contribution in [0.2, 0.25) is 0 Å². The summed E-state index contributed by atoms with van der Waals surface area (Å²) in [6.45, 7) is 0.511. The highest BCUT2D eigenvalue weighted by atomic mass is 19.4. The van der Waals surface area contributed by atoms with Crippen molar-refractivity contribution in [3.63, 3.8) is 0 Å². The van der Waals surface area contributed by atoms with Crippen molar-refractivity contribution in [1.82, 2.24) is 4.90 Å². The number of methoxy groups -OCH3 is 1. The topological polar surface area (TPSA) is 71.0 Å². The van der Waals surface area contributed by atoms with Crippen LogP contribution in [0.4, 0.5) is 23.7 Å². The first-order valence-corrected chi connectivity index (χ1v) is 10.7. The molecule has 1 aliphatic carbocycles. The van der Waals surface area contributed by atoms with E-state index in [0.717, 1.165) is 17.2 Å². The number of halogens is 3. The third-order valence-corrected chi connectivity index (χ3v) is 6.72. The van der Waals surface area contributed by atoms with E-state index in [1.54, 1.807) is 19.3 Å². The van der Waals surface area contributed by atoms with E-state index in [1.165, 1.54) is 23.1 Å². The Kier molecular flexibility index (Phi) is 5.04. The summed E-state index contributed by atoms with van der Waals surface area (Å²) in [6.07, 6.45) is -0.942. The highest BCUT2D eigenvalue weighted by Gasteiger charge is 2.53. The molecule has 3 aliphatic rings. The van der Waals surface area contributed by atoms with Gasteiger partial charge in [-0.2, -0.15) is 13.2 Å². The predicted octanol–water partition coefficient (Wildman–Crippen LogP) is 4.47. The molecule has 2 aliphatic heterocycles. The monoisotopic (exact) mass is 460 g/mol. The van der Waals surface area contributed by atoms with E-state index in [9.17, 15) is 23.1 Å². The predicted molar refractivity (Wildman–Crippen MR) is 114 cm³/mol. The van der Waals surface area contributed by atoms with Crippen molar-refractivity contribution >= 4 is 11.7 Å². The van der Waals surface area contributed by atoms with Crippen molar-refractivity contribution in [2.75, 3.05) is 19.0 Å². The molecule has 9 heteroatoms. The Bertz CT molecular complexity index is 1130. The number of anilines is 1. The van der Waals surface area contributed by atoms with E-state index in [-0.39, 0.29) is 18.3 Å². The third-order valence-electron chi connectivity index (χ3n) is 6.72. The van der Waals surface area contributed by atoms with Gasteiger partial charge >= 0.3 is 12.2 Å². The number of carbonyl (C=O) groups is 1. The van der Waals surface area contributed by atoms with Crippen LogP contribution in [0.25, 0.3) is 0 Å². The standard InChI is InChI=1S/C24H23F3N2O4/c1-32-18-7-6-14-13-29(22(31)28-17-5-3-2-4-16(17)24(25,26)27)11-10-23-9-8-15(30)12-19(23)33-21(18)20(14)23/h2-9,15,19,30H,10-13H2,1H3,(H,28,31)/t15-,19-,23-/m0/s1. The van der Waals surface area contributed by atoms with Gasteiger partial charge in [-0.1, -0.05) is 30.4 Å². The number of nitrogens with one attached hydrogen (secondary N) is 1. The summed E-state index contributed by atoms with van der Waals surface area (Å²) in [5.41, 5.74) is 0.0404. The van der Waals surface area contributed by atoms with Gasteiger partial charge in [0, 0.05) is 25.1 Å². The molecular formula is C24H23F3N2O4. The van der Waals surface area contributed by atoms with Crippen molar-refractivity contribution in [2.24, 2.45) is 0 Å². The van der Waals surface area contributed by atoms with Gasteiger partial charge in [0.1, 0.15) is 6.10 Å². The van der Waals surface area contributed by atoms with Gasteiger partial charge < -0.3 is 24.8 Å². The van der Waals surface area contributed by atoms with Crippen LogP contribution >= 0.6 is 0 Å². The third kappa shape index (κ3) is 3.51. The lowest BCUT2D eigenvalue weighted by Crippen LogP contribution is -2.43. The average Bonchev–Trinajstić information content (AvgIpc) is 3.00. The van der Waals surface area contributed by atoms with Crippen molar-refractivity contribution in [3.05, 3.63) is 65.2 Å². The number of aliphatic hydroxyl groups excluding tert-OH is 1. The number of amides is 2. The molecule has 0 unspecified atom stereocenters. The maximum Gasteiger partial charge on any atom is 0.418 e. The molecule has 2 aromatic rings. The Balaban J connectivity index is 1.49. The van der Waals surface area contributed by atoms with Crippen LogP contribution in [-0.2, 0) is 18.1 Å². The molecule has 0 aromatic heterocycles. The van der Waals surface area contributed by atoms with Crippen LogP contribution in [0.15, 0.2) is 48.6 Å². The van der Waals surface area contributed by atoms with E-state index in [0.29, 0.717) is 30.9 Å². The van der Waals surface area contributed by atoms with Crippen LogP contribution in [-0.4, -0.2) is 41.9 Å². The average molecular weight is 460 g/mol. The van der Waals surface area contributed by atoms with Gasteiger partial charge in [0.05, 0.1) is 29.9 Å². The molecule has 0 bridgehead atoms. The lowest BCUT2D eigenvalue weighted by molar-refractivity contribution is -0.136. The summed E-state index contributed by atoms with van der Waals surface area (Å²) in [4.78, 5) is 14.6. The number of benzene rings is 2. The molecule has 2 aromatic carbocycles. The number of ether oxygens (including phenoxy) is 2. The summed E-state index contributed by atoms with van der Waals surface area (Å²) in [5, 5.41) is 12.6. The second kappa shape index (κ2) is 7.69. The van der Waals surface area contributed by atoms with E-state index in [4.69, 9.17) is 9.47 Å². The van der Waals surface area contributed by atoms with Crippen molar-refractivity contribution in [2.45, 2.75) is 43.2 Å². The highest BCUT2D eigenvalue weighted by Crippen LogP contribution is 2.55. The van der Waals surface area contributed by atoms with Crippen LogP contribution in [0, 0.1) is 0 Å². The molecule has 2 amide bonds. The zero-order valence-electron chi connectivity index (χ0n) is 17.9. The van der Waals surface area contributed by atoms with Gasteiger partial charge in [0.2, 0.25) is 0 Å². The Morgan fingerprint density at radius 1 is 1.27 bits per heavy atom. The van der Waals surface area contributed by atoms with Crippen molar-refractivity contribution < 1.29 is 32.5 Å². The van der Waals surface area contributed by atoms with Crippen LogP contribution in [0.1, 0.15) is 29.5 Å². The molecular weight excluding hydrogens is 437 g/mol. The Hall–Kier alpha value is -3.20. The van der Waals surface area contributed by atoms with E-state index < -0.39 is 29.3 Å². The number of para-hydroxylation sites is 1. The lowest BCUT2D eigenvalue weighted by Gasteiger charge is -2.35. The summed E-state index contributed by atoms with van der Waals surface area (Å²) < 4.78 is 51.9. The molecule has 0 radical (unpaired) electrons. The maximum absolute atomic E-state index is 13.4. The number of rotatable bonds is 2. The second-order valence-corrected chi connectivity index (χ2v) is 8.59. The summed E-state index contributed by atoms with van der Waals surface area (Å²) >= 11 is 0. The lowest BCUT2D eigenvalue weighted by atomic mass is 9.69. The van der Waals surface area contributed by atoms with Crippen molar-refractivity contribution in [1.29, 1.82) is 0 Å². The minimum absolute atomic E-state index is 0.209. The fraction of sp³-hybridized carbons (Fsp3) is 0.375. The van der Waals surface area contributed by atoms with E-state index in [1.807, 2.05) is 12.1 Å². The van der Waals surface area contributed by atoms with E-state index in [2.05, 4.69) is 5.32 Å². The quantitative estimate of drug-likeness (QED) is 0.649. The summed E-state index contributed by atoms with van der Waals surface area (Å²) in [6, 6.07) is 7.95. The van der Waals surface area contributed by atoms with Gasteiger partial charge in [-0.3, -0.25) is 0 Å². The normalized spacial score (nSPS) is 25.5. The molecule has 5 rings (SSSR count). The number of nitrogens with zero attached hydrogens (tertiary/aromatic N) is 1. The minimum Gasteiger partial charge on any atom is -0.493 e. The molecule has 2 N–H and O–H groups in total. The zero-order chi connectivity index (χ0) is 23.4. The number of aliphatic hydroxyl groups is 1. The fourth-order valence-corrected chi connectivity index (χ4v) is 5.14. The molecule has 0 saturated carbocycles. The van der Waals surface area contributed by atoms with Gasteiger partial charge in [-0.05, 0) is 30.2 Å². The number of urea groups is 1. The second-order valence-electron chi connectivity index (χ2n) is 8.59. The first-order valence-electron chi connectivity index (χ1n) is 10.7. The van der Waals surface area contributed by atoms with Gasteiger partial charge in [0.15, 0.2) is 11.5 Å². The number of alkyl halides is 3. The number of hydrogen-bond acceptors (Lipinski definition) is 4. The largest absolute Gasteiger partial charge is 0.493 e. The molecule has 2 heterocycles. The smallest absolute Gasteiger partial charge is 0.418 e. The van der Waals surface area contributed by atoms with Crippen LogP contribution < -0.4 is 14.8 Å². The molecule has 33 heavy (non-hydrogen) atoms. The molecule has 174 valence electrons. The Morgan fingerprint density at radius 3 is 2.82 bits per heavy atom. The zero-order valence-corrected chi connectivity index (χ0v) is 17.9. The maximum atomic E-state index is 13.4. The highest BCUT2D eigenvalue weighted by molar-refractivity contribution is 5.90. The van der Waals surface area contributed by atoms with Crippen LogP contribution in [0.3, 0.4) is 0 Å². The Labute approximate surface area is 188 Å². The molecule has 3 atom stereocenters. The molecule has 0 fully saturated rings. The van der Waals surface area contributed by atoms with Gasteiger partial charge in [-0.15, -0.1) is 0 Å². The fourth-order valence-electron chi connectivity index (χ4n) is 5.14. The summed E-state index contributed by atoms with van der Waals surface area (Å²) in [7, 11) is 1.55. The van der Waals surface area contributed by atoms with Crippen LogP contribution in [0.5, 0.6) is 11.5 Å². The molecule has 0 saturated heterocycles. The SMILES string of the molecule is COc1ccc2c3c1O[C@H]1C[C@@H](O)C=C[C@@]31CCN(C(=O)Nc1ccccc1C(F)(F)F)C2. The molecule has 6 nitrogen and oxygen atoms in total. The minimum atomic E-state index is -4.58. The summed E-state index contributed by atoms with van der Waals surface area (Å²) in [5.74, 6) is 1.17. The number of hydrogen-bond donors (Lipinski definition) is 2.